The molecule has 5 heterocycles. The maximum absolute atomic E-state index is 14.8. The van der Waals surface area contributed by atoms with E-state index < -0.39 is 29.5 Å². The van der Waals surface area contributed by atoms with Crippen molar-refractivity contribution in [2.24, 2.45) is 11.8 Å². The minimum absolute atomic E-state index is 0.0354. The third-order valence-electron chi connectivity index (χ3n) is 9.58. The fourth-order valence-electron chi connectivity index (χ4n) is 7.44. The molecule has 0 radical (unpaired) electrons. The quantitative estimate of drug-likeness (QED) is 0.288. The first-order valence-electron chi connectivity index (χ1n) is 14.9. The van der Waals surface area contributed by atoms with Crippen LogP contribution in [-0.4, -0.2) is 71.4 Å². The molecule has 2 aromatic carbocycles. The van der Waals surface area contributed by atoms with Crippen LogP contribution in [-0.2, 0) is 0 Å². The van der Waals surface area contributed by atoms with Gasteiger partial charge in [0.25, 0.3) is 5.92 Å². The second-order valence-electron chi connectivity index (χ2n) is 12.3. The van der Waals surface area contributed by atoms with E-state index >= 15 is 0 Å². The first kappa shape index (κ1) is 28.8. The van der Waals surface area contributed by atoms with E-state index in [1.807, 2.05) is 0 Å². The fraction of sp³-hybridized carbons (Fsp3) is 0.469. The highest BCUT2D eigenvalue weighted by Gasteiger charge is 2.60. The molecule has 0 bridgehead atoms. The van der Waals surface area contributed by atoms with Gasteiger partial charge >= 0.3 is 11.6 Å². The number of hydrogen-bond donors (Lipinski definition) is 1. The minimum Gasteiger partial charge on any atom is -0.508 e. The Morgan fingerprint density at radius 3 is 2.68 bits per heavy atom. The molecule has 8 rings (SSSR count). The number of nitrogens with zero attached hydrogens (tertiary/aromatic N) is 4. The summed E-state index contributed by atoms with van der Waals surface area (Å²) in [6, 6.07) is 7.74. The monoisotopic (exact) mass is 612 g/mol. The van der Waals surface area contributed by atoms with Gasteiger partial charge in [-0.25, -0.2) is 22.4 Å². The van der Waals surface area contributed by atoms with Gasteiger partial charge < -0.3 is 19.2 Å². The Morgan fingerprint density at radius 2 is 1.95 bits per heavy atom. The summed E-state index contributed by atoms with van der Waals surface area (Å²) in [4.78, 5) is 25.9. The summed E-state index contributed by atoms with van der Waals surface area (Å²) < 4.78 is 66.4. The van der Waals surface area contributed by atoms with Crippen LogP contribution >= 0.6 is 0 Å². The number of phenols is 1. The van der Waals surface area contributed by atoms with Crippen LogP contribution in [0.3, 0.4) is 0 Å². The standard InChI is InChI=1S/C25H20F3N3O4.C7H12FN/c1-11-20-19(22(30-24(29-20)34-2)31-9-13-8-25(27,28)16(13)10-31)23(33)35-21(11)15-7-14(32)6-12-4-3-5-17(26)18(12)15;8-6-4-7-2-1-3-9(7)5-6/h3-7,13,16,32H,8-10H2,1-2H3;6-7H,1-5H2. The topological polar surface area (TPSA) is 91.9 Å². The lowest BCUT2D eigenvalue weighted by Crippen LogP contribution is -2.46. The Bertz CT molecular complexity index is 1820. The summed E-state index contributed by atoms with van der Waals surface area (Å²) in [6.45, 7) is 3.89. The maximum Gasteiger partial charge on any atom is 0.349 e. The van der Waals surface area contributed by atoms with Gasteiger partial charge in [-0.1, -0.05) is 12.1 Å². The number of phenolic OH excluding ortho intramolecular Hbond substituents is 1. The number of halogens is 4. The van der Waals surface area contributed by atoms with E-state index in [0.29, 0.717) is 30.1 Å². The molecular weight excluding hydrogens is 580 g/mol. The molecule has 1 saturated carbocycles. The zero-order valence-electron chi connectivity index (χ0n) is 24.3. The van der Waals surface area contributed by atoms with Crippen LogP contribution in [0.25, 0.3) is 33.0 Å². The number of benzene rings is 2. The van der Waals surface area contributed by atoms with Crippen LogP contribution in [0.2, 0.25) is 0 Å². The van der Waals surface area contributed by atoms with Crippen molar-refractivity contribution in [3.63, 3.8) is 0 Å². The van der Waals surface area contributed by atoms with Gasteiger partial charge in [0.1, 0.15) is 28.9 Å². The van der Waals surface area contributed by atoms with Crippen molar-refractivity contribution in [3.05, 3.63) is 52.1 Å². The molecule has 232 valence electrons. The van der Waals surface area contributed by atoms with Crippen molar-refractivity contribution in [3.8, 4) is 23.1 Å². The first-order valence-corrected chi connectivity index (χ1v) is 14.9. The number of anilines is 1. The summed E-state index contributed by atoms with van der Waals surface area (Å²) >= 11 is 0. The van der Waals surface area contributed by atoms with Crippen LogP contribution < -0.4 is 15.3 Å². The van der Waals surface area contributed by atoms with E-state index in [1.165, 1.54) is 44.2 Å². The molecule has 2 aromatic heterocycles. The zero-order chi connectivity index (χ0) is 30.9. The van der Waals surface area contributed by atoms with E-state index in [1.54, 1.807) is 17.9 Å². The summed E-state index contributed by atoms with van der Waals surface area (Å²) in [5.74, 6) is -4.19. The Hall–Kier alpha value is -3.93. The van der Waals surface area contributed by atoms with E-state index in [2.05, 4.69) is 14.9 Å². The predicted molar refractivity (Wildman–Crippen MR) is 157 cm³/mol. The van der Waals surface area contributed by atoms with Crippen molar-refractivity contribution in [2.45, 2.75) is 50.7 Å². The van der Waals surface area contributed by atoms with E-state index in [9.17, 15) is 27.5 Å². The van der Waals surface area contributed by atoms with Crippen molar-refractivity contribution < 1.29 is 31.8 Å². The van der Waals surface area contributed by atoms with Crippen molar-refractivity contribution in [1.29, 1.82) is 0 Å². The normalized spacial score (nSPS) is 25.5. The third-order valence-corrected chi connectivity index (χ3v) is 9.58. The summed E-state index contributed by atoms with van der Waals surface area (Å²) in [6.07, 6.45) is 2.62. The Kier molecular flexibility index (Phi) is 6.95. The molecule has 8 nitrogen and oxygen atoms in total. The van der Waals surface area contributed by atoms with Crippen LogP contribution in [0.1, 0.15) is 31.2 Å². The number of alkyl halides is 3. The largest absolute Gasteiger partial charge is 0.508 e. The second kappa shape index (κ2) is 10.6. The van der Waals surface area contributed by atoms with Gasteiger partial charge in [0.05, 0.1) is 12.6 Å². The lowest BCUT2D eigenvalue weighted by molar-refractivity contribution is -0.152. The molecule has 4 unspecified atom stereocenters. The lowest BCUT2D eigenvalue weighted by Gasteiger charge is -2.38. The lowest BCUT2D eigenvalue weighted by atomic mass is 9.72. The van der Waals surface area contributed by atoms with Crippen molar-refractivity contribution >= 4 is 27.5 Å². The molecule has 12 heteroatoms. The SMILES string of the molecule is COc1nc(N2CC3CC(F)(F)C3C2)c2c(=O)oc(-c3cc(O)cc4cccc(F)c34)c(C)c2n1.FC1CC2CCCN2C1. The molecule has 3 saturated heterocycles. The molecule has 44 heavy (non-hydrogen) atoms. The Labute approximate surface area is 250 Å². The molecule has 1 aliphatic carbocycles. The number of ether oxygens (including phenoxy) is 1. The number of aromatic hydroxyl groups is 1. The van der Waals surface area contributed by atoms with Crippen LogP contribution in [0.5, 0.6) is 11.8 Å². The van der Waals surface area contributed by atoms with Gasteiger partial charge in [0, 0.05) is 54.5 Å². The fourth-order valence-corrected chi connectivity index (χ4v) is 7.44. The summed E-state index contributed by atoms with van der Waals surface area (Å²) in [5, 5.41) is 10.9. The van der Waals surface area contributed by atoms with E-state index in [0.717, 1.165) is 13.0 Å². The molecule has 1 N–H and O–H groups in total. The van der Waals surface area contributed by atoms with Gasteiger partial charge in [-0.05, 0) is 62.2 Å². The number of rotatable bonds is 3. The molecule has 4 aliphatic rings. The number of aryl methyl sites for hydroxylation is 1. The van der Waals surface area contributed by atoms with E-state index in [4.69, 9.17) is 9.15 Å². The first-order chi connectivity index (χ1) is 21.0. The average molecular weight is 613 g/mol. The molecule has 4 aromatic rings. The van der Waals surface area contributed by atoms with Crippen LogP contribution in [0.4, 0.5) is 23.4 Å². The minimum atomic E-state index is -2.74. The smallest absolute Gasteiger partial charge is 0.349 e. The highest BCUT2D eigenvalue weighted by Crippen LogP contribution is 2.53. The average Bonchev–Trinajstić information content (AvgIpc) is 3.67. The summed E-state index contributed by atoms with van der Waals surface area (Å²) in [5.41, 5.74) is -0.00850. The van der Waals surface area contributed by atoms with Gasteiger partial charge in [0.15, 0.2) is 5.82 Å². The molecule has 4 fully saturated rings. The van der Waals surface area contributed by atoms with E-state index in [-0.39, 0.29) is 64.1 Å². The number of hydrogen-bond acceptors (Lipinski definition) is 8. The van der Waals surface area contributed by atoms with Crippen LogP contribution in [0.15, 0.2) is 39.5 Å². The molecular formula is C32H32F4N4O4. The predicted octanol–water partition coefficient (Wildman–Crippen LogP) is 5.85. The number of fused-ring (bicyclic) bond motifs is 4. The Morgan fingerprint density at radius 1 is 1.14 bits per heavy atom. The number of methoxy groups -OCH3 is 1. The Balaban J connectivity index is 0.000000296. The van der Waals surface area contributed by atoms with Crippen molar-refractivity contribution in [2.75, 3.05) is 38.2 Å². The second-order valence-corrected chi connectivity index (χ2v) is 12.3. The highest BCUT2D eigenvalue weighted by molar-refractivity contribution is 6.00. The van der Waals surface area contributed by atoms with Crippen LogP contribution in [0, 0.1) is 24.6 Å². The maximum atomic E-state index is 14.8. The molecule has 3 aliphatic heterocycles. The molecule has 4 atom stereocenters. The van der Waals surface area contributed by atoms with Gasteiger partial charge in [0.2, 0.25) is 0 Å². The third kappa shape index (κ3) is 4.74. The van der Waals surface area contributed by atoms with Gasteiger partial charge in [-0.3, -0.25) is 4.90 Å². The van der Waals surface area contributed by atoms with Gasteiger partial charge in [-0.2, -0.15) is 9.97 Å². The summed E-state index contributed by atoms with van der Waals surface area (Å²) in [7, 11) is 1.37. The van der Waals surface area contributed by atoms with Crippen molar-refractivity contribution in [1.82, 2.24) is 14.9 Å². The molecule has 0 amide bonds. The number of aromatic nitrogens is 2. The van der Waals surface area contributed by atoms with Gasteiger partial charge in [-0.15, -0.1) is 0 Å². The highest BCUT2D eigenvalue weighted by atomic mass is 19.3. The zero-order valence-corrected chi connectivity index (χ0v) is 24.3. The molecule has 0 spiro atoms.